The quantitative estimate of drug-likeness (QED) is 0.535. The molecule has 0 aliphatic carbocycles. The van der Waals surface area contributed by atoms with Gasteiger partial charge in [-0.05, 0) is 36.4 Å². The highest BCUT2D eigenvalue weighted by Gasteiger charge is 2.24. The molecule has 154 valence electrons. The fraction of sp³-hybridized carbons (Fsp3) is 0.130. The Morgan fingerprint density at radius 1 is 1.10 bits per heavy atom. The first-order chi connectivity index (χ1) is 15.1. The fourth-order valence-electron chi connectivity index (χ4n) is 3.52. The number of hydrogen-bond acceptors (Lipinski definition) is 6. The lowest BCUT2D eigenvalue weighted by atomic mass is 10.1. The van der Waals surface area contributed by atoms with Crippen LogP contribution in [-0.4, -0.2) is 33.3 Å². The molecule has 2 N–H and O–H groups in total. The minimum atomic E-state index is -0.493. The molecule has 0 bridgehead atoms. The molecule has 0 saturated heterocycles. The fourth-order valence-corrected chi connectivity index (χ4v) is 4.50. The van der Waals surface area contributed by atoms with E-state index in [-0.39, 0.29) is 12.5 Å². The number of fused-ring (bicyclic) bond motifs is 2. The summed E-state index contributed by atoms with van der Waals surface area (Å²) in [6.45, 7) is 0.660. The van der Waals surface area contributed by atoms with E-state index in [0.29, 0.717) is 35.8 Å². The van der Waals surface area contributed by atoms with Crippen LogP contribution in [0.1, 0.15) is 21.1 Å². The molecule has 0 spiro atoms. The Labute approximate surface area is 182 Å². The van der Waals surface area contributed by atoms with Crippen molar-refractivity contribution in [1.82, 2.24) is 14.9 Å². The van der Waals surface area contributed by atoms with Crippen LogP contribution >= 0.6 is 11.3 Å². The van der Waals surface area contributed by atoms with E-state index < -0.39 is 5.91 Å². The zero-order valence-corrected chi connectivity index (χ0v) is 17.3. The van der Waals surface area contributed by atoms with Crippen LogP contribution in [0.25, 0.3) is 21.5 Å². The third kappa shape index (κ3) is 3.85. The number of nitrogens with two attached hydrogens (primary N) is 1. The summed E-state index contributed by atoms with van der Waals surface area (Å²) in [6, 6.07) is 18.5. The summed E-state index contributed by atoms with van der Waals surface area (Å²) in [5.74, 6) is -0.0305. The average molecular weight is 430 g/mol. The van der Waals surface area contributed by atoms with E-state index >= 15 is 0 Å². The van der Waals surface area contributed by atoms with E-state index in [1.165, 1.54) is 0 Å². The van der Waals surface area contributed by atoms with E-state index in [0.717, 1.165) is 20.8 Å². The van der Waals surface area contributed by atoms with Crippen molar-refractivity contribution in [2.45, 2.75) is 13.1 Å². The Bertz CT molecular complexity index is 1280. The van der Waals surface area contributed by atoms with Crippen LogP contribution in [0, 0.1) is 0 Å². The number of thiazole rings is 1. The largest absolute Gasteiger partial charge is 0.482 e. The van der Waals surface area contributed by atoms with Crippen molar-refractivity contribution in [3.63, 3.8) is 0 Å². The maximum Gasteiger partial charge on any atom is 0.261 e. The minimum absolute atomic E-state index is 0.0456. The molecule has 5 rings (SSSR count). The SMILES string of the molecule is NC(=O)c1cccc(-c2ccc3c(n2)CN(Cc2nc4ccccc4s2)C(=O)CO3)c1. The molecule has 2 aromatic heterocycles. The molecule has 31 heavy (non-hydrogen) atoms. The maximum absolute atomic E-state index is 12.7. The first kappa shape index (κ1) is 19.2. The topological polar surface area (TPSA) is 98.4 Å². The van der Waals surface area contributed by atoms with Gasteiger partial charge in [0.15, 0.2) is 6.61 Å². The predicted octanol–water partition coefficient (Wildman–Crippen LogP) is 3.38. The number of amides is 2. The number of pyridine rings is 1. The highest BCUT2D eigenvalue weighted by molar-refractivity contribution is 7.18. The number of rotatable bonds is 4. The van der Waals surface area contributed by atoms with Gasteiger partial charge in [-0.15, -0.1) is 11.3 Å². The minimum Gasteiger partial charge on any atom is -0.482 e. The molecule has 3 heterocycles. The Balaban J connectivity index is 1.45. The van der Waals surface area contributed by atoms with Gasteiger partial charge in [0.05, 0.1) is 29.0 Å². The van der Waals surface area contributed by atoms with Gasteiger partial charge in [0.25, 0.3) is 5.91 Å². The monoisotopic (exact) mass is 430 g/mol. The van der Waals surface area contributed by atoms with Gasteiger partial charge < -0.3 is 15.4 Å². The molecule has 1 aliphatic rings. The molecule has 0 fully saturated rings. The third-order valence-electron chi connectivity index (χ3n) is 5.08. The van der Waals surface area contributed by atoms with Crippen LogP contribution in [0.2, 0.25) is 0 Å². The Kier molecular flexibility index (Phi) is 4.83. The molecule has 1 aliphatic heterocycles. The number of benzene rings is 2. The summed E-state index contributed by atoms with van der Waals surface area (Å²) in [6.07, 6.45) is 0. The number of carbonyl (C=O) groups is 2. The highest BCUT2D eigenvalue weighted by Crippen LogP contribution is 2.29. The molecule has 2 aromatic carbocycles. The standard InChI is InChI=1S/C23H18N4O3S/c24-23(29)15-5-3-4-14(10-15)16-8-9-19-18(25-16)11-27(22(28)13-30-19)12-21-26-17-6-1-2-7-20(17)31-21/h1-10H,11-13H2,(H2,24,29). The maximum atomic E-state index is 12.7. The van der Waals surface area contributed by atoms with Gasteiger partial charge in [0.2, 0.25) is 5.91 Å². The van der Waals surface area contributed by atoms with Gasteiger partial charge >= 0.3 is 0 Å². The molecule has 2 amide bonds. The molecule has 8 heteroatoms. The summed E-state index contributed by atoms with van der Waals surface area (Å²) in [5.41, 5.74) is 8.85. The average Bonchev–Trinajstić information content (AvgIpc) is 3.13. The molecular weight excluding hydrogens is 412 g/mol. The second-order valence-corrected chi connectivity index (χ2v) is 8.32. The number of ether oxygens (including phenoxy) is 1. The van der Waals surface area contributed by atoms with Crippen molar-refractivity contribution in [3.8, 4) is 17.0 Å². The van der Waals surface area contributed by atoms with Crippen molar-refractivity contribution >= 4 is 33.4 Å². The molecule has 0 saturated carbocycles. The van der Waals surface area contributed by atoms with Crippen LogP contribution in [0.3, 0.4) is 0 Å². The van der Waals surface area contributed by atoms with Crippen molar-refractivity contribution in [2.24, 2.45) is 5.73 Å². The number of para-hydroxylation sites is 1. The molecule has 0 unspecified atom stereocenters. The third-order valence-corrected chi connectivity index (χ3v) is 6.11. The summed E-state index contributed by atoms with van der Waals surface area (Å²) in [5, 5.41) is 0.864. The van der Waals surface area contributed by atoms with Crippen molar-refractivity contribution in [1.29, 1.82) is 0 Å². The number of carbonyl (C=O) groups excluding carboxylic acids is 2. The molecular formula is C23H18N4O3S. The molecule has 7 nitrogen and oxygen atoms in total. The summed E-state index contributed by atoms with van der Waals surface area (Å²) in [4.78, 5) is 35.3. The van der Waals surface area contributed by atoms with Crippen molar-refractivity contribution < 1.29 is 14.3 Å². The van der Waals surface area contributed by atoms with Gasteiger partial charge in [-0.2, -0.15) is 0 Å². The Hall–Kier alpha value is -3.78. The zero-order valence-electron chi connectivity index (χ0n) is 16.4. The van der Waals surface area contributed by atoms with Crippen LogP contribution < -0.4 is 10.5 Å². The Morgan fingerprint density at radius 2 is 1.97 bits per heavy atom. The summed E-state index contributed by atoms with van der Waals surface area (Å²) < 4.78 is 6.78. The predicted molar refractivity (Wildman–Crippen MR) is 118 cm³/mol. The second kappa shape index (κ2) is 7.81. The second-order valence-electron chi connectivity index (χ2n) is 7.20. The first-order valence-electron chi connectivity index (χ1n) is 9.72. The van der Waals surface area contributed by atoms with E-state index in [9.17, 15) is 9.59 Å². The summed E-state index contributed by atoms with van der Waals surface area (Å²) in [7, 11) is 0. The molecule has 0 radical (unpaired) electrons. The van der Waals surface area contributed by atoms with Crippen molar-refractivity contribution in [3.05, 3.63) is 76.9 Å². The van der Waals surface area contributed by atoms with E-state index in [4.69, 9.17) is 15.5 Å². The molecule has 0 atom stereocenters. The van der Waals surface area contributed by atoms with Gasteiger partial charge in [0.1, 0.15) is 16.5 Å². The zero-order chi connectivity index (χ0) is 21.4. The van der Waals surface area contributed by atoms with Gasteiger partial charge in [-0.3, -0.25) is 9.59 Å². The Morgan fingerprint density at radius 3 is 2.81 bits per heavy atom. The first-order valence-corrected chi connectivity index (χ1v) is 10.5. The normalized spacial score (nSPS) is 13.5. The lowest BCUT2D eigenvalue weighted by Crippen LogP contribution is -2.32. The van der Waals surface area contributed by atoms with E-state index in [1.807, 2.05) is 42.5 Å². The lowest BCUT2D eigenvalue weighted by molar-refractivity contribution is -0.133. The number of primary amides is 1. The smallest absolute Gasteiger partial charge is 0.261 e. The van der Waals surface area contributed by atoms with Gasteiger partial charge in [0, 0.05) is 11.1 Å². The van der Waals surface area contributed by atoms with Crippen molar-refractivity contribution in [2.75, 3.05) is 6.61 Å². The van der Waals surface area contributed by atoms with Crippen LogP contribution in [0.15, 0.2) is 60.7 Å². The number of hydrogen-bond donors (Lipinski definition) is 1. The van der Waals surface area contributed by atoms with Crippen LogP contribution in [-0.2, 0) is 17.9 Å². The van der Waals surface area contributed by atoms with Gasteiger partial charge in [-0.25, -0.2) is 9.97 Å². The van der Waals surface area contributed by atoms with Crippen LogP contribution in [0.5, 0.6) is 5.75 Å². The number of nitrogens with zero attached hydrogens (tertiary/aromatic N) is 3. The lowest BCUT2D eigenvalue weighted by Gasteiger charge is -2.18. The van der Waals surface area contributed by atoms with E-state index in [2.05, 4.69) is 4.98 Å². The molecule has 4 aromatic rings. The van der Waals surface area contributed by atoms with E-state index in [1.54, 1.807) is 34.4 Å². The number of aromatic nitrogens is 2. The van der Waals surface area contributed by atoms with Crippen LogP contribution in [0.4, 0.5) is 0 Å². The highest BCUT2D eigenvalue weighted by atomic mass is 32.1. The summed E-state index contributed by atoms with van der Waals surface area (Å²) >= 11 is 1.58. The van der Waals surface area contributed by atoms with Gasteiger partial charge in [-0.1, -0.05) is 24.3 Å².